The van der Waals surface area contributed by atoms with Crippen molar-refractivity contribution in [3.05, 3.63) is 15.6 Å². The predicted octanol–water partition coefficient (Wildman–Crippen LogP) is 3.57. The third kappa shape index (κ3) is 7.27. The van der Waals surface area contributed by atoms with Crippen LogP contribution in [-0.4, -0.2) is 58.9 Å². The lowest BCUT2D eigenvalue weighted by Crippen LogP contribution is -2.47. The lowest BCUT2D eigenvalue weighted by molar-refractivity contribution is -0.136. The zero-order valence-electron chi connectivity index (χ0n) is 17.7. The fourth-order valence-corrected chi connectivity index (χ4v) is 5.68. The van der Waals surface area contributed by atoms with Crippen molar-refractivity contribution in [2.24, 2.45) is 10.9 Å². The highest BCUT2D eigenvalue weighted by Gasteiger charge is 2.30. The van der Waals surface area contributed by atoms with Crippen LogP contribution in [0.1, 0.15) is 48.2 Å². The molecule has 6 nitrogen and oxygen atoms in total. The summed E-state index contributed by atoms with van der Waals surface area (Å²) in [5, 5.41) is 8.04. The van der Waals surface area contributed by atoms with Gasteiger partial charge in [-0.25, -0.2) is 9.98 Å². The van der Waals surface area contributed by atoms with Crippen LogP contribution in [0.15, 0.2) is 4.99 Å². The first-order chi connectivity index (χ1) is 13.6. The van der Waals surface area contributed by atoms with Gasteiger partial charge >= 0.3 is 0 Å². The molecule has 0 aromatic carbocycles. The Morgan fingerprint density at radius 1 is 1.21 bits per heavy atom. The Kier molecular flexibility index (Phi) is 10.5. The van der Waals surface area contributed by atoms with E-state index in [1.54, 1.807) is 11.3 Å². The standard InChI is InChI=1S/C20H33N5OS2.HI/c1-4-21-20(22-13-18-14(2)23-15(3)28-18)24-17-7-5-16(6-8-17)19(26)25-9-11-27-12-10-25;/h16-17H,4-13H2,1-3H3,(H2,21,22,24);1H. The summed E-state index contributed by atoms with van der Waals surface area (Å²) in [5.41, 5.74) is 1.08. The highest BCUT2D eigenvalue weighted by Crippen LogP contribution is 2.27. The van der Waals surface area contributed by atoms with Crippen molar-refractivity contribution in [1.29, 1.82) is 0 Å². The van der Waals surface area contributed by atoms with Crippen molar-refractivity contribution in [2.45, 2.75) is 59.0 Å². The molecular weight excluding hydrogens is 517 g/mol. The molecule has 2 aliphatic rings. The third-order valence-electron chi connectivity index (χ3n) is 5.46. The average molecular weight is 552 g/mol. The summed E-state index contributed by atoms with van der Waals surface area (Å²) >= 11 is 3.67. The summed E-state index contributed by atoms with van der Waals surface area (Å²) in [6.07, 6.45) is 4.02. The van der Waals surface area contributed by atoms with Crippen molar-refractivity contribution in [1.82, 2.24) is 20.5 Å². The van der Waals surface area contributed by atoms with Gasteiger partial charge in [0, 0.05) is 48.0 Å². The number of carbonyl (C=O) groups is 1. The van der Waals surface area contributed by atoms with E-state index in [0.29, 0.717) is 18.5 Å². The van der Waals surface area contributed by atoms with Crippen molar-refractivity contribution < 1.29 is 4.79 Å². The summed E-state index contributed by atoms with van der Waals surface area (Å²) in [7, 11) is 0. The van der Waals surface area contributed by atoms with Gasteiger partial charge < -0.3 is 15.5 Å². The van der Waals surface area contributed by atoms with Crippen molar-refractivity contribution in [3.8, 4) is 0 Å². The molecule has 1 saturated carbocycles. The minimum absolute atomic E-state index is 0. The molecule has 1 aromatic rings. The third-order valence-corrected chi connectivity index (χ3v) is 7.46. The fraction of sp³-hybridized carbons (Fsp3) is 0.750. The maximum atomic E-state index is 12.7. The highest BCUT2D eigenvalue weighted by molar-refractivity contribution is 14.0. The molecule has 1 aliphatic carbocycles. The maximum absolute atomic E-state index is 12.7. The van der Waals surface area contributed by atoms with E-state index in [4.69, 9.17) is 4.99 Å². The minimum atomic E-state index is 0. The van der Waals surface area contributed by atoms with Gasteiger partial charge in [0.2, 0.25) is 5.91 Å². The first kappa shape index (κ1) is 24.7. The van der Waals surface area contributed by atoms with Crippen molar-refractivity contribution in [2.75, 3.05) is 31.1 Å². The summed E-state index contributed by atoms with van der Waals surface area (Å²) in [6.45, 7) is 9.53. The summed E-state index contributed by atoms with van der Waals surface area (Å²) < 4.78 is 0. The normalized spacial score (nSPS) is 22.7. The van der Waals surface area contributed by atoms with Crippen LogP contribution in [0.2, 0.25) is 0 Å². The smallest absolute Gasteiger partial charge is 0.225 e. The van der Waals surface area contributed by atoms with Gasteiger partial charge in [0.1, 0.15) is 0 Å². The number of hydrogen-bond acceptors (Lipinski definition) is 5. The monoisotopic (exact) mass is 551 g/mol. The molecule has 164 valence electrons. The molecule has 0 spiro atoms. The van der Waals surface area contributed by atoms with Crippen LogP contribution < -0.4 is 10.6 Å². The van der Waals surface area contributed by atoms with E-state index in [2.05, 4.69) is 27.4 Å². The van der Waals surface area contributed by atoms with E-state index in [-0.39, 0.29) is 29.9 Å². The number of amides is 1. The van der Waals surface area contributed by atoms with Crippen LogP contribution in [0.3, 0.4) is 0 Å². The van der Waals surface area contributed by atoms with E-state index in [9.17, 15) is 4.79 Å². The maximum Gasteiger partial charge on any atom is 0.225 e. The lowest BCUT2D eigenvalue weighted by Gasteiger charge is -2.34. The number of nitrogens with zero attached hydrogens (tertiary/aromatic N) is 3. The SMILES string of the molecule is CCNC(=NCc1sc(C)nc1C)NC1CCC(C(=O)N2CCSCC2)CC1.I. The lowest BCUT2D eigenvalue weighted by atomic mass is 9.85. The molecule has 9 heteroatoms. The fourth-order valence-electron chi connectivity index (χ4n) is 3.91. The van der Waals surface area contributed by atoms with Crippen LogP contribution in [0.5, 0.6) is 0 Å². The number of guanidine groups is 1. The summed E-state index contributed by atoms with van der Waals surface area (Å²) in [4.78, 5) is 25.3. The minimum Gasteiger partial charge on any atom is -0.357 e. The summed E-state index contributed by atoms with van der Waals surface area (Å²) in [6, 6.07) is 0.392. The molecule has 1 aromatic heterocycles. The van der Waals surface area contributed by atoms with Gasteiger partial charge in [0.05, 0.1) is 17.2 Å². The number of aliphatic imine (C=N–C) groups is 1. The number of aryl methyl sites for hydroxylation is 2. The number of nitrogens with one attached hydrogen (secondary N) is 2. The molecule has 0 unspecified atom stereocenters. The van der Waals surface area contributed by atoms with Gasteiger partial charge in [0.25, 0.3) is 0 Å². The number of aromatic nitrogens is 1. The van der Waals surface area contributed by atoms with E-state index in [0.717, 1.165) is 73.5 Å². The van der Waals surface area contributed by atoms with Crippen molar-refractivity contribution in [3.63, 3.8) is 0 Å². The van der Waals surface area contributed by atoms with E-state index in [1.165, 1.54) is 4.88 Å². The second-order valence-corrected chi connectivity index (χ2v) is 10.1. The first-order valence-electron chi connectivity index (χ1n) is 10.4. The van der Waals surface area contributed by atoms with Crippen LogP contribution in [0.4, 0.5) is 0 Å². The van der Waals surface area contributed by atoms with Crippen LogP contribution in [-0.2, 0) is 11.3 Å². The largest absolute Gasteiger partial charge is 0.357 e. The Morgan fingerprint density at radius 2 is 1.90 bits per heavy atom. The predicted molar refractivity (Wildman–Crippen MR) is 135 cm³/mol. The second kappa shape index (κ2) is 12.3. The van der Waals surface area contributed by atoms with Gasteiger partial charge in [-0.1, -0.05) is 0 Å². The molecule has 29 heavy (non-hydrogen) atoms. The van der Waals surface area contributed by atoms with Gasteiger partial charge in [-0.3, -0.25) is 4.79 Å². The Balaban J connectivity index is 0.00000300. The molecule has 0 bridgehead atoms. The molecule has 3 rings (SSSR count). The molecule has 1 saturated heterocycles. The molecule has 1 amide bonds. The number of thiazole rings is 1. The van der Waals surface area contributed by atoms with E-state index >= 15 is 0 Å². The van der Waals surface area contributed by atoms with Crippen LogP contribution in [0, 0.1) is 19.8 Å². The zero-order chi connectivity index (χ0) is 19.9. The number of hydrogen-bond donors (Lipinski definition) is 2. The number of halogens is 1. The second-order valence-electron chi connectivity index (χ2n) is 7.57. The molecule has 1 aliphatic heterocycles. The molecule has 2 fully saturated rings. The Labute approximate surface area is 200 Å². The van der Waals surface area contributed by atoms with Crippen molar-refractivity contribution >= 4 is 58.9 Å². The molecule has 0 radical (unpaired) electrons. The van der Waals surface area contributed by atoms with Gasteiger partial charge in [-0.05, 0) is 46.5 Å². The van der Waals surface area contributed by atoms with Gasteiger partial charge in [0.15, 0.2) is 5.96 Å². The number of rotatable bonds is 5. The Hall–Kier alpha value is -0.550. The zero-order valence-corrected chi connectivity index (χ0v) is 21.7. The van der Waals surface area contributed by atoms with E-state index < -0.39 is 0 Å². The topological polar surface area (TPSA) is 69.6 Å². The Bertz CT molecular complexity index is 682. The molecule has 2 heterocycles. The molecule has 2 N–H and O–H groups in total. The Morgan fingerprint density at radius 3 is 2.48 bits per heavy atom. The first-order valence-corrected chi connectivity index (χ1v) is 12.4. The van der Waals surface area contributed by atoms with E-state index in [1.807, 2.05) is 25.6 Å². The van der Waals surface area contributed by atoms with Crippen LogP contribution >= 0.6 is 47.1 Å². The quantitative estimate of drug-likeness (QED) is 0.333. The van der Waals surface area contributed by atoms with Crippen LogP contribution in [0.25, 0.3) is 0 Å². The number of carbonyl (C=O) groups excluding carboxylic acids is 1. The van der Waals surface area contributed by atoms with Gasteiger partial charge in [-0.15, -0.1) is 35.3 Å². The molecular formula is C20H34IN5OS2. The van der Waals surface area contributed by atoms with Gasteiger partial charge in [-0.2, -0.15) is 11.8 Å². The highest BCUT2D eigenvalue weighted by atomic mass is 127. The average Bonchev–Trinajstić information content (AvgIpc) is 3.04. The number of thioether (sulfide) groups is 1. The molecule has 0 atom stereocenters. The summed E-state index contributed by atoms with van der Waals surface area (Å²) in [5.74, 6) is 3.64.